The summed E-state index contributed by atoms with van der Waals surface area (Å²) in [6, 6.07) is 8.42. The van der Waals surface area contributed by atoms with E-state index in [0.717, 1.165) is 12.0 Å². The van der Waals surface area contributed by atoms with Gasteiger partial charge in [-0.15, -0.1) is 0 Å². The van der Waals surface area contributed by atoms with Crippen LogP contribution in [-0.2, 0) is 6.42 Å². The second-order valence-electron chi connectivity index (χ2n) is 4.62. The van der Waals surface area contributed by atoms with Crippen molar-refractivity contribution in [2.75, 3.05) is 19.7 Å². The summed E-state index contributed by atoms with van der Waals surface area (Å²) in [5.41, 5.74) is 2.45. The highest BCUT2D eigenvalue weighted by Gasteiger charge is 2.28. The molecule has 0 aromatic heterocycles. The standard InChI is InChI=1S/C14H20N2O2/c1-2-11-4-6-12(7-5-11)13-10-16(8-3-9-17)14(18)15-13/h4-7,13,17H,2-3,8-10H2,1H3,(H,15,18). The average Bonchev–Trinajstić information content (AvgIpc) is 2.78. The van der Waals surface area contributed by atoms with Crippen molar-refractivity contribution in [2.24, 2.45) is 0 Å². The molecule has 1 atom stereocenters. The van der Waals surface area contributed by atoms with Gasteiger partial charge in [0.1, 0.15) is 0 Å². The maximum absolute atomic E-state index is 11.7. The van der Waals surface area contributed by atoms with Crippen LogP contribution in [0.15, 0.2) is 24.3 Å². The van der Waals surface area contributed by atoms with Gasteiger partial charge in [-0.3, -0.25) is 0 Å². The van der Waals surface area contributed by atoms with Crippen molar-refractivity contribution in [1.82, 2.24) is 10.2 Å². The van der Waals surface area contributed by atoms with E-state index in [1.54, 1.807) is 4.90 Å². The molecule has 98 valence electrons. The fourth-order valence-electron chi connectivity index (χ4n) is 2.22. The number of benzene rings is 1. The molecule has 0 bridgehead atoms. The number of rotatable bonds is 5. The van der Waals surface area contributed by atoms with Gasteiger partial charge in [-0.1, -0.05) is 31.2 Å². The second kappa shape index (κ2) is 5.87. The maximum atomic E-state index is 11.7. The van der Waals surface area contributed by atoms with Crippen LogP contribution in [0, 0.1) is 0 Å². The molecule has 1 aliphatic rings. The number of nitrogens with zero attached hydrogens (tertiary/aromatic N) is 1. The number of aryl methyl sites for hydroxylation is 1. The number of aliphatic hydroxyl groups excluding tert-OH is 1. The highest BCUT2D eigenvalue weighted by molar-refractivity contribution is 5.77. The topological polar surface area (TPSA) is 52.6 Å². The Hall–Kier alpha value is -1.55. The molecular formula is C14H20N2O2. The van der Waals surface area contributed by atoms with E-state index in [1.165, 1.54) is 5.56 Å². The van der Waals surface area contributed by atoms with E-state index in [1.807, 2.05) is 0 Å². The Labute approximate surface area is 108 Å². The number of hydrogen-bond donors (Lipinski definition) is 2. The van der Waals surface area contributed by atoms with Gasteiger partial charge in [0, 0.05) is 19.7 Å². The molecule has 1 unspecified atom stereocenters. The Balaban J connectivity index is 2.00. The Morgan fingerprint density at radius 3 is 2.72 bits per heavy atom. The van der Waals surface area contributed by atoms with E-state index < -0.39 is 0 Å². The third-order valence-electron chi connectivity index (χ3n) is 3.36. The molecule has 1 heterocycles. The van der Waals surface area contributed by atoms with Crippen LogP contribution >= 0.6 is 0 Å². The van der Waals surface area contributed by atoms with Crippen LogP contribution in [0.2, 0.25) is 0 Å². The van der Waals surface area contributed by atoms with Gasteiger partial charge in [0.2, 0.25) is 0 Å². The number of hydrogen-bond acceptors (Lipinski definition) is 2. The molecule has 1 aromatic rings. The second-order valence-corrected chi connectivity index (χ2v) is 4.62. The minimum absolute atomic E-state index is 0.0342. The summed E-state index contributed by atoms with van der Waals surface area (Å²) >= 11 is 0. The Kier molecular flexibility index (Phi) is 4.20. The number of urea groups is 1. The van der Waals surface area contributed by atoms with Gasteiger partial charge in [-0.25, -0.2) is 4.79 Å². The zero-order valence-corrected chi connectivity index (χ0v) is 10.7. The first-order valence-electron chi connectivity index (χ1n) is 6.49. The van der Waals surface area contributed by atoms with E-state index in [2.05, 4.69) is 36.5 Å². The lowest BCUT2D eigenvalue weighted by Gasteiger charge is -2.13. The van der Waals surface area contributed by atoms with Gasteiger partial charge in [0.05, 0.1) is 6.04 Å². The predicted molar refractivity (Wildman–Crippen MR) is 70.4 cm³/mol. The number of carbonyl (C=O) groups excluding carboxylic acids is 1. The third-order valence-corrected chi connectivity index (χ3v) is 3.36. The summed E-state index contributed by atoms with van der Waals surface area (Å²) in [5, 5.41) is 11.8. The molecule has 0 radical (unpaired) electrons. The number of carbonyl (C=O) groups is 1. The van der Waals surface area contributed by atoms with Crippen molar-refractivity contribution in [1.29, 1.82) is 0 Å². The van der Waals surface area contributed by atoms with E-state index in [9.17, 15) is 4.79 Å². The van der Waals surface area contributed by atoms with Crippen LogP contribution in [0.5, 0.6) is 0 Å². The molecule has 1 saturated heterocycles. The summed E-state index contributed by atoms with van der Waals surface area (Å²) in [6.07, 6.45) is 1.66. The Morgan fingerprint density at radius 1 is 1.39 bits per heavy atom. The highest BCUT2D eigenvalue weighted by atomic mass is 16.3. The molecular weight excluding hydrogens is 228 g/mol. The molecule has 4 nitrogen and oxygen atoms in total. The van der Waals surface area contributed by atoms with Crippen molar-refractivity contribution >= 4 is 6.03 Å². The van der Waals surface area contributed by atoms with Crippen LogP contribution in [0.25, 0.3) is 0 Å². The van der Waals surface area contributed by atoms with Crippen LogP contribution < -0.4 is 5.32 Å². The van der Waals surface area contributed by atoms with Crippen molar-refractivity contribution in [3.63, 3.8) is 0 Å². The van der Waals surface area contributed by atoms with E-state index in [0.29, 0.717) is 19.5 Å². The number of nitrogens with one attached hydrogen (secondary N) is 1. The van der Waals surface area contributed by atoms with Crippen LogP contribution in [0.4, 0.5) is 4.79 Å². The zero-order chi connectivity index (χ0) is 13.0. The molecule has 2 N–H and O–H groups in total. The Morgan fingerprint density at radius 2 is 2.11 bits per heavy atom. The maximum Gasteiger partial charge on any atom is 0.318 e. The lowest BCUT2D eigenvalue weighted by molar-refractivity contribution is 0.209. The zero-order valence-electron chi connectivity index (χ0n) is 10.7. The number of amides is 2. The molecule has 4 heteroatoms. The molecule has 1 fully saturated rings. The smallest absolute Gasteiger partial charge is 0.318 e. The van der Waals surface area contributed by atoms with Gasteiger partial charge in [0.25, 0.3) is 0 Å². The van der Waals surface area contributed by atoms with Gasteiger partial charge in [0.15, 0.2) is 0 Å². The van der Waals surface area contributed by atoms with Crippen LogP contribution in [0.3, 0.4) is 0 Å². The van der Waals surface area contributed by atoms with Gasteiger partial charge in [-0.2, -0.15) is 0 Å². The molecule has 0 saturated carbocycles. The first-order chi connectivity index (χ1) is 8.74. The molecule has 1 aromatic carbocycles. The molecule has 2 rings (SSSR count). The largest absolute Gasteiger partial charge is 0.396 e. The quantitative estimate of drug-likeness (QED) is 0.833. The molecule has 0 aliphatic carbocycles. The average molecular weight is 248 g/mol. The molecule has 18 heavy (non-hydrogen) atoms. The predicted octanol–water partition coefficient (Wildman–Crippen LogP) is 1.70. The van der Waals surface area contributed by atoms with Gasteiger partial charge in [-0.05, 0) is 24.0 Å². The summed E-state index contributed by atoms with van der Waals surface area (Å²) < 4.78 is 0. The monoisotopic (exact) mass is 248 g/mol. The lowest BCUT2D eigenvalue weighted by atomic mass is 10.0. The van der Waals surface area contributed by atoms with E-state index >= 15 is 0 Å². The summed E-state index contributed by atoms with van der Waals surface area (Å²) in [7, 11) is 0. The third kappa shape index (κ3) is 2.82. The summed E-state index contributed by atoms with van der Waals surface area (Å²) in [5.74, 6) is 0. The van der Waals surface area contributed by atoms with Crippen molar-refractivity contribution < 1.29 is 9.90 Å². The van der Waals surface area contributed by atoms with E-state index in [4.69, 9.17) is 5.11 Å². The first-order valence-corrected chi connectivity index (χ1v) is 6.49. The minimum Gasteiger partial charge on any atom is -0.396 e. The van der Waals surface area contributed by atoms with Gasteiger partial charge >= 0.3 is 6.03 Å². The van der Waals surface area contributed by atoms with Crippen molar-refractivity contribution in [2.45, 2.75) is 25.8 Å². The van der Waals surface area contributed by atoms with E-state index in [-0.39, 0.29) is 18.7 Å². The summed E-state index contributed by atoms with van der Waals surface area (Å²) in [6.45, 7) is 3.55. The van der Waals surface area contributed by atoms with Crippen molar-refractivity contribution in [3.05, 3.63) is 35.4 Å². The fourth-order valence-corrected chi connectivity index (χ4v) is 2.22. The SMILES string of the molecule is CCc1ccc(C2CN(CCCO)C(=O)N2)cc1. The van der Waals surface area contributed by atoms with Crippen LogP contribution in [0.1, 0.15) is 30.5 Å². The van der Waals surface area contributed by atoms with Gasteiger partial charge < -0.3 is 15.3 Å². The minimum atomic E-state index is -0.0342. The number of aliphatic hydroxyl groups is 1. The lowest BCUT2D eigenvalue weighted by Crippen LogP contribution is -2.29. The highest BCUT2D eigenvalue weighted by Crippen LogP contribution is 2.20. The molecule has 1 aliphatic heterocycles. The first kappa shape index (κ1) is 12.9. The normalized spacial score (nSPS) is 19.1. The summed E-state index contributed by atoms with van der Waals surface area (Å²) in [4.78, 5) is 13.5. The fraction of sp³-hybridized carbons (Fsp3) is 0.500. The molecule has 2 amide bonds. The van der Waals surface area contributed by atoms with Crippen molar-refractivity contribution in [3.8, 4) is 0 Å². The van der Waals surface area contributed by atoms with Crippen LogP contribution in [-0.4, -0.2) is 35.7 Å². The molecule has 0 spiro atoms. The Bertz CT molecular complexity index is 403.